The second-order valence-corrected chi connectivity index (χ2v) is 4.99. The van der Waals surface area contributed by atoms with E-state index in [1.54, 1.807) is 19.1 Å². The zero-order chi connectivity index (χ0) is 16.0. The Morgan fingerprint density at radius 2 is 2.10 bits per heavy atom. The van der Waals surface area contributed by atoms with Crippen LogP contribution in [0.1, 0.15) is 25.3 Å². The molecule has 0 heterocycles. The van der Waals surface area contributed by atoms with Crippen LogP contribution >= 0.6 is 11.6 Å². The molecule has 0 aliphatic carbocycles. The fourth-order valence-corrected chi connectivity index (χ4v) is 1.95. The SMILES string of the molecule is CCCC(NC(=O)Nc1cc(C)c(Cl)cc1OC)C(=O)O. The van der Waals surface area contributed by atoms with E-state index in [-0.39, 0.29) is 0 Å². The Bertz CT molecular complexity index is 534. The maximum absolute atomic E-state index is 11.9. The number of carboxylic acids is 1. The number of anilines is 1. The number of carbonyl (C=O) groups excluding carboxylic acids is 1. The van der Waals surface area contributed by atoms with Crippen LogP contribution < -0.4 is 15.4 Å². The molecule has 1 aromatic rings. The Balaban J connectivity index is 2.83. The number of rotatable bonds is 6. The summed E-state index contributed by atoms with van der Waals surface area (Å²) in [5.74, 6) is -0.658. The lowest BCUT2D eigenvalue weighted by atomic mass is 10.2. The number of carboxylic acid groups (broad SMARTS) is 1. The van der Waals surface area contributed by atoms with Crippen molar-refractivity contribution in [3.63, 3.8) is 0 Å². The lowest BCUT2D eigenvalue weighted by molar-refractivity contribution is -0.139. The Morgan fingerprint density at radius 1 is 1.43 bits per heavy atom. The zero-order valence-corrected chi connectivity index (χ0v) is 13.0. The number of hydrogen-bond acceptors (Lipinski definition) is 3. The predicted octanol–water partition coefficient (Wildman–Crippen LogP) is 3.03. The lowest BCUT2D eigenvalue weighted by Crippen LogP contribution is -2.42. The van der Waals surface area contributed by atoms with Gasteiger partial charge in [0.1, 0.15) is 11.8 Å². The molecule has 0 saturated heterocycles. The molecule has 21 heavy (non-hydrogen) atoms. The number of benzene rings is 1. The summed E-state index contributed by atoms with van der Waals surface area (Å²) in [4.78, 5) is 22.9. The predicted molar refractivity (Wildman–Crippen MR) is 81.2 cm³/mol. The molecule has 1 rings (SSSR count). The molecule has 1 aromatic carbocycles. The molecule has 1 atom stereocenters. The summed E-state index contributed by atoms with van der Waals surface area (Å²) in [6.07, 6.45) is 1.01. The van der Waals surface area contributed by atoms with Crippen molar-refractivity contribution in [3.05, 3.63) is 22.7 Å². The number of halogens is 1. The van der Waals surface area contributed by atoms with Crippen LogP contribution in [0, 0.1) is 6.92 Å². The molecule has 7 heteroatoms. The van der Waals surface area contributed by atoms with Gasteiger partial charge >= 0.3 is 12.0 Å². The first kappa shape index (κ1) is 17.1. The van der Waals surface area contributed by atoms with Gasteiger partial charge in [-0.25, -0.2) is 9.59 Å². The van der Waals surface area contributed by atoms with Crippen LogP contribution in [0.4, 0.5) is 10.5 Å². The number of hydrogen-bond donors (Lipinski definition) is 3. The highest BCUT2D eigenvalue weighted by atomic mass is 35.5. The van der Waals surface area contributed by atoms with E-state index in [9.17, 15) is 9.59 Å². The minimum absolute atomic E-state index is 0.361. The van der Waals surface area contributed by atoms with Crippen molar-refractivity contribution in [2.24, 2.45) is 0 Å². The highest BCUT2D eigenvalue weighted by Gasteiger charge is 2.19. The summed E-state index contributed by atoms with van der Waals surface area (Å²) < 4.78 is 5.14. The number of ether oxygens (including phenoxy) is 1. The van der Waals surface area contributed by atoms with E-state index in [2.05, 4.69) is 10.6 Å². The Labute approximate surface area is 128 Å². The molecule has 1 unspecified atom stereocenters. The molecule has 0 bridgehead atoms. The van der Waals surface area contributed by atoms with Gasteiger partial charge in [0.2, 0.25) is 0 Å². The highest BCUT2D eigenvalue weighted by Crippen LogP contribution is 2.30. The molecule has 0 aliphatic heterocycles. The number of aryl methyl sites for hydroxylation is 1. The van der Waals surface area contributed by atoms with Crippen LogP contribution in [0.25, 0.3) is 0 Å². The van der Waals surface area contributed by atoms with Crippen molar-refractivity contribution in [2.75, 3.05) is 12.4 Å². The average molecular weight is 315 g/mol. The second kappa shape index (κ2) is 7.73. The van der Waals surface area contributed by atoms with Crippen LogP contribution in [0.15, 0.2) is 12.1 Å². The molecule has 0 aliphatic rings. The summed E-state index contributed by atoms with van der Waals surface area (Å²) in [5.41, 5.74) is 1.20. The number of urea groups is 1. The number of methoxy groups -OCH3 is 1. The molecule has 0 fully saturated rings. The molecule has 6 nitrogen and oxygen atoms in total. The van der Waals surface area contributed by atoms with Crippen molar-refractivity contribution in [1.82, 2.24) is 5.32 Å². The summed E-state index contributed by atoms with van der Waals surface area (Å²) in [6.45, 7) is 3.64. The molecule has 116 valence electrons. The largest absolute Gasteiger partial charge is 0.495 e. The first-order chi connectivity index (χ1) is 9.88. The molecule has 0 radical (unpaired) electrons. The molecule has 3 N–H and O–H groups in total. The van der Waals surface area contributed by atoms with Crippen LogP contribution in [-0.2, 0) is 4.79 Å². The summed E-state index contributed by atoms with van der Waals surface area (Å²) in [6, 6.07) is 1.73. The second-order valence-electron chi connectivity index (χ2n) is 4.58. The van der Waals surface area contributed by atoms with Crippen molar-refractivity contribution in [1.29, 1.82) is 0 Å². The lowest BCUT2D eigenvalue weighted by Gasteiger charge is -2.16. The maximum Gasteiger partial charge on any atom is 0.326 e. The van der Waals surface area contributed by atoms with Crippen molar-refractivity contribution in [3.8, 4) is 5.75 Å². The Hall–Kier alpha value is -1.95. The minimum Gasteiger partial charge on any atom is -0.495 e. The third-order valence-corrected chi connectivity index (χ3v) is 3.32. The Kier molecular flexibility index (Phi) is 6.30. The van der Waals surface area contributed by atoms with Gasteiger partial charge in [-0.2, -0.15) is 0 Å². The van der Waals surface area contributed by atoms with Gasteiger partial charge in [0.15, 0.2) is 0 Å². The first-order valence-electron chi connectivity index (χ1n) is 6.53. The van der Waals surface area contributed by atoms with Crippen LogP contribution in [0.2, 0.25) is 5.02 Å². The van der Waals surface area contributed by atoms with Crippen molar-refractivity contribution in [2.45, 2.75) is 32.7 Å². The van der Waals surface area contributed by atoms with E-state index in [1.165, 1.54) is 7.11 Å². The summed E-state index contributed by atoms with van der Waals surface area (Å²) in [7, 11) is 1.46. The van der Waals surface area contributed by atoms with Gasteiger partial charge in [-0.3, -0.25) is 0 Å². The van der Waals surface area contributed by atoms with Crippen molar-refractivity contribution >= 4 is 29.3 Å². The van der Waals surface area contributed by atoms with E-state index >= 15 is 0 Å². The van der Waals surface area contributed by atoms with E-state index in [0.29, 0.717) is 29.3 Å². The molecule has 0 spiro atoms. The molecule has 0 aromatic heterocycles. The summed E-state index contributed by atoms with van der Waals surface area (Å²) >= 11 is 5.98. The normalized spacial score (nSPS) is 11.6. The van der Waals surface area contributed by atoms with Gasteiger partial charge in [0.25, 0.3) is 0 Å². The Morgan fingerprint density at radius 3 is 2.62 bits per heavy atom. The number of aliphatic carboxylic acids is 1. The zero-order valence-electron chi connectivity index (χ0n) is 12.2. The van der Waals surface area contributed by atoms with E-state index in [0.717, 1.165) is 5.56 Å². The summed E-state index contributed by atoms with van der Waals surface area (Å²) in [5, 5.41) is 14.5. The number of nitrogens with one attached hydrogen (secondary N) is 2. The molecule has 2 amide bonds. The smallest absolute Gasteiger partial charge is 0.326 e. The van der Waals surface area contributed by atoms with Crippen molar-refractivity contribution < 1.29 is 19.4 Å². The number of carbonyl (C=O) groups is 2. The van der Waals surface area contributed by atoms with E-state index < -0.39 is 18.0 Å². The first-order valence-corrected chi connectivity index (χ1v) is 6.91. The standard InChI is InChI=1S/C14H19ClN2O4/c1-4-5-10(13(18)19)16-14(20)17-11-6-8(2)9(15)7-12(11)21-3/h6-7,10H,4-5H2,1-3H3,(H,18,19)(H2,16,17,20). The highest BCUT2D eigenvalue weighted by molar-refractivity contribution is 6.31. The average Bonchev–Trinajstić information content (AvgIpc) is 2.42. The third-order valence-electron chi connectivity index (χ3n) is 2.91. The number of amides is 2. The van der Waals surface area contributed by atoms with Gasteiger partial charge in [-0.05, 0) is 25.0 Å². The van der Waals surface area contributed by atoms with Gasteiger partial charge < -0.3 is 20.5 Å². The van der Waals surface area contributed by atoms with Crippen LogP contribution in [0.5, 0.6) is 5.75 Å². The topological polar surface area (TPSA) is 87.7 Å². The van der Waals surface area contributed by atoms with Gasteiger partial charge in [0, 0.05) is 11.1 Å². The monoisotopic (exact) mass is 314 g/mol. The molecule has 0 saturated carbocycles. The maximum atomic E-state index is 11.9. The van der Waals surface area contributed by atoms with E-state index in [4.69, 9.17) is 21.4 Å². The minimum atomic E-state index is -1.06. The molecular weight excluding hydrogens is 296 g/mol. The molecular formula is C14H19ClN2O4. The van der Waals surface area contributed by atoms with Gasteiger partial charge in [-0.15, -0.1) is 0 Å². The fourth-order valence-electron chi connectivity index (χ4n) is 1.79. The van der Waals surface area contributed by atoms with E-state index in [1.807, 2.05) is 6.92 Å². The fraction of sp³-hybridized carbons (Fsp3) is 0.429. The van der Waals surface area contributed by atoms with Gasteiger partial charge in [0.05, 0.1) is 12.8 Å². The van der Waals surface area contributed by atoms with Crippen LogP contribution in [0.3, 0.4) is 0 Å². The van der Waals surface area contributed by atoms with Gasteiger partial charge in [-0.1, -0.05) is 24.9 Å². The third kappa shape index (κ3) is 4.82. The quantitative estimate of drug-likeness (QED) is 0.753. The van der Waals surface area contributed by atoms with Crippen LogP contribution in [-0.4, -0.2) is 30.3 Å².